The Hall–Kier alpha value is -0.510. The molecule has 0 aromatic carbocycles. The number of halogens is 1. The zero-order chi connectivity index (χ0) is 14.1. The van der Waals surface area contributed by atoms with Crippen LogP contribution in [0.3, 0.4) is 0 Å². The number of nitrogens with one attached hydrogen (secondary N) is 2. The van der Waals surface area contributed by atoms with Crippen molar-refractivity contribution in [2.75, 3.05) is 19.6 Å². The van der Waals surface area contributed by atoms with Crippen LogP contribution in [0.5, 0.6) is 0 Å². The molecule has 1 aromatic rings. The average molecular weight is 352 g/mol. The summed E-state index contributed by atoms with van der Waals surface area (Å²) in [4.78, 5) is 0. The molecule has 0 aliphatic carbocycles. The molecule has 2 N–H and O–H groups in total. The lowest BCUT2D eigenvalue weighted by Crippen LogP contribution is -2.45. The quantitative estimate of drug-likeness (QED) is 0.811. The summed E-state index contributed by atoms with van der Waals surface area (Å²) in [5, 5.41) is 10.7. The van der Waals surface area contributed by atoms with Crippen molar-refractivity contribution in [3.63, 3.8) is 0 Å². The fourth-order valence-corrected chi connectivity index (χ4v) is 4.50. The molecule has 0 radical (unpaired) electrons. The summed E-state index contributed by atoms with van der Waals surface area (Å²) >= 11 is 3.11. The van der Waals surface area contributed by atoms with Crippen LogP contribution in [-0.4, -0.2) is 43.0 Å². The van der Waals surface area contributed by atoms with E-state index < -0.39 is 10.0 Å². The summed E-state index contributed by atoms with van der Waals surface area (Å²) in [6.07, 6.45) is 2.07. The fraction of sp³-hybridized carbons (Fsp3) is 0.800. The number of aryl methyl sites for hydroxylation is 1. The summed E-state index contributed by atoms with van der Waals surface area (Å²) in [5.41, 5.74) is -0.0518. The van der Waals surface area contributed by atoms with E-state index in [4.69, 9.17) is 0 Å². The van der Waals surface area contributed by atoms with Crippen molar-refractivity contribution in [3.05, 3.63) is 4.60 Å². The first-order valence-electron chi connectivity index (χ1n) is 6.10. The Morgan fingerprint density at radius 1 is 1.58 bits per heavy atom. The zero-order valence-corrected chi connectivity index (χ0v) is 13.4. The second kappa shape index (κ2) is 5.47. The third-order valence-electron chi connectivity index (χ3n) is 3.37. The molecule has 0 saturated carbocycles. The van der Waals surface area contributed by atoms with Gasteiger partial charge in [-0.1, -0.05) is 12.1 Å². The molecule has 19 heavy (non-hydrogen) atoms. The second-order valence-corrected chi connectivity index (χ2v) is 7.66. The monoisotopic (exact) mass is 351 g/mol. The predicted molar refractivity (Wildman–Crippen MR) is 74.1 cm³/mol. The Balaban J connectivity index is 2.10. The van der Waals surface area contributed by atoms with Gasteiger partial charge in [-0.3, -0.25) is 0 Å². The fourth-order valence-electron chi connectivity index (χ4n) is 2.22. The van der Waals surface area contributed by atoms with Crippen LogP contribution < -0.4 is 10.0 Å². The van der Waals surface area contributed by atoms with E-state index in [9.17, 15) is 8.42 Å². The lowest BCUT2D eigenvalue weighted by atomic mass is 9.83. The third-order valence-corrected chi connectivity index (χ3v) is 5.65. The molecule has 1 fully saturated rings. The van der Waals surface area contributed by atoms with Gasteiger partial charge in [0.05, 0.1) is 0 Å². The van der Waals surface area contributed by atoms with E-state index in [1.54, 1.807) is 7.05 Å². The molecule has 1 aliphatic heterocycles. The minimum Gasteiger partial charge on any atom is -0.316 e. The number of sulfonamides is 1. The molecule has 1 saturated heterocycles. The molecule has 1 aromatic heterocycles. The highest BCUT2D eigenvalue weighted by Crippen LogP contribution is 2.25. The van der Waals surface area contributed by atoms with Crippen LogP contribution in [0.15, 0.2) is 9.63 Å². The molecular formula is C10H18BrN5O2S. The number of hydrogen-bond acceptors (Lipinski definition) is 5. The van der Waals surface area contributed by atoms with Gasteiger partial charge in [-0.2, -0.15) is 0 Å². The predicted octanol–water partition coefficient (Wildman–Crippen LogP) is 0.246. The van der Waals surface area contributed by atoms with Gasteiger partial charge in [-0.05, 0) is 40.7 Å². The van der Waals surface area contributed by atoms with Crippen LogP contribution >= 0.6 is 15.9 Å². The summed E-state index contributed by atoms with van der Waals surface area (Å²) < 4.78 is 28.6. The van der Waals surface area contributed by atoms with Crippen molar-refractivity contribution in [2.45, 2.75) is 24.8 Å². The first kappa shape index (κ1) is 14.9. The largest absolute Gasteiger partial charge is 0.316 e. The molecule has 1 atom stereocenters. The van der Waals surface area contributed by atoms with E-state index in [1.807, 2.05) is 0 Å². The Bertz CT molecular complexity index is 531. The molecular weight excluding hydrogens is 334 g/mol. The van der Waals surface area contributed by atoms with Crippen molar-refractivity contribution in [1.29, 1.82) is 0 Å². The minimum atomic E-state index is -3.60. The molecule has 9 heteroatoms. The van der Waals surface area contributed by atoms with Gasteiger partial charge in [-0.25, -0.2) is 17.8 Å². The van der Waals surface area contributed by atoms with Crippen LogP contribution in [0.4, 0.5) is 0 Å². The van der Waals surface area contributed by atoms with Crippen LogP contribution in [-0.2, 0) is 17.1 Å². The molecule has 0 bridgehead atoms. The van der Waals surface area contributed by atoms with Crippen molar-refractivity contribution in [1.82, 2.24) is 25.0 Å². The summed E-state index contributed by atoms with van der Waals surface area (Å²) in [5.74, 6) is 0. The highest BCUT2D eigenvalue weighted by atomic mass is 79.9. The summed E-state index contributed by atoms with van der Waals surface area (Å²) in [6.45, 7) is 4.30. The SMILES string of the molecule is Cn1nnc(Br)c1S(=O)(=O)NCC1(C)CCCNC1. The van der Waals surface area contributed by atoms with E-state index in [0.717, 1.165) is 25.9 Å². The Morgan fingerprint density at radius 2 is 2.32 bits per heavy atom. The Labute approximate surface area is 121 Å². The maximum atomic E-state index is 12.3. The van der Waals surface area contributed by atoms with Crippen LogP contribution in [0.25, 0.3) is 0 Å². The third kappa shape index (κ3) is 3.33. The van der Waals surface area contributed by atoms with Crippen molar-refractivity contribution < 1.29 is 8.42 Å². The van der Waals surface area contributed by atoms with E-state index >= 15 is 0 Å². The second-order valence-electron chi connectivity index (χ2n) is 5.22. The van der Waals surface area contributed by atoms with Gasteiger partial charge < -0.3 is 5.32 Å². The topological polar surface area (TPSA) is 88.9 Å². The van der Waals surface area contributed by atoms with Crippen molar-refractivity contribution in [2.24, 2.45) is 12.5 Å². The number of piperidine rings is 1. The maximum absolute atomic E-state index is 12.3. The highest BCUT2D eigenvalue weighted by molar-refractivity contribution is 9.10. The summed E-state index contributed by atoms with van der Waals surface area (Å²) in [7, 11) is -2.05. The molecule has 0 amide bonds. The lowest BCUT2D eigenvalue weighted by molar-refractivity contribution is 0.238. The van der Waals surface area contributed by atoms with E-state index in [0.29, 0.717) is 6.54 Å². The van der Waals surface area contributed by atoms with Gasteiger partial charge in [-0.15, -0.1) is 5.10 Å². The van der Waals surface area contributed by atoms with E-state index in [2.05, 4.69) is 43.2 Å². The van der Waals surface area contributed by atoms with Crippen LogP contribution in [0.1, 0.15) is 19.8 Å². The van der Waals surface area contributed by atoms with E-state index in [1.165, 1.54) is 4.68 Å². The first-order valence-corrected chi connectivity index (χ1v) is 8.37. The van der Waals surface area contributed by atoms with Gasteiger partial charge in [0.25, 0.3) is 10.0 Å². The van der Waals surface area contributed by atoms with Crippen LogP contribution in [0, 0.1) is 5.41 Å². The zero-order valence-electron chi connectivity index (χ0n) is 11.0. The van der Waals surface area contributed by atoms with Crippen molar-refractivity contribution >= 4 is 26.0 Å². The van der Waals surface area contributed by atoms with Gasteiger partial charge in [0.1, 0.15) is 0 Å². The van der Waals surface area contributed by atoms with Gasteiger partial charge in [0, 0.05) is 20.1 Å². The Morgan fingerprint density at radius 3 is 2.84 bits per heavy atom. The Kier molecular flexibility index (Phi) is 4.29. The number of nitrogens with zero attached hydrogens (tertiary/aromatic N) is 3. The first-order chi connectivity index (χ1) is 8.84. The van der Waals surface area contributed by atoms with Crippen molar-refractivity contribution in [3.8, 4) is 0 Å². The average Bonchev–Trinajstić information content (AvgIpc) is 2.68. The molecule has 0 spiro atoms. The molecule has 1 unspecified atom stereocenters. The standard InChI is InChI=1S/C10H18BrN5O2S/c1-10(4-3-5-12-6-10)7-13-19(17,18)9-8(11)14-15-16(9)2/h12-13H,3-7H2,1-2H3. The smallest absolute Gasteiger partial charge is 0.260 e. The molecule has 2 heterocycles. The van der Waals surface area contributed by atoms with Gasteiger partial charge in [0.2, 0.25) is 5.03 Å². The molecule has 2 rings (SSSR count). The van der Waals surface area contributed by atoms with Gasteiger partial charge >= 0.3 is 0 Å². The summed E-state index contributed by atoms with van der Waals surface area (Å²) in [6, 6.07) is 0. The van der Waals surface area contributed by atoms with Crippen LogP contribution in [0.2, 0.25) is 0 Å². The normalized spacial score (nSPS) is 24.6. The minimum absolute atomic E-state index is 0.0518. The maximum Gasteiger partial charge on any atom is 0.260 e. The molecule has 108 valence electrons. The number of aromatic nitrogens is 3. The molecule has 7 nitrogen and oxygen atoms in total. The number of rotatable bonds is 4. The highest BCUT2D eigenvalue weighted by Gasteiger charge is 2.30. The number of hydrogen-bond donors (Lipinski definition) is 2. The van der Waals surface area contributed by atoms with E-state index in [-0.39, 0.29) is 15.0 Å². The molecule has 1 aliphatic rings. The van der Waals surface area contributed by atoms with Gasteiger partial charge in [0.15, 0.2) is 4.60 Å². The lowest BCUT2D eigenvalue weighted by Gasteiger charge is -2.34.